The number of benzene rings is 1. The molecule has 1 fully saturated rings. The lowest BCUT2D eigenvalue weighted by molar-refractivity contribution is -0.118. The van der Waals surface area contributed by atoms with Crippen LogP contribution in [0.15, 0.2) is 30.3 Å². The van der Waals surface area contributed by atoms with E-state index in [1.807, 2.05) is 6.07 Å². The van der Waals surface area contributed by atoms with E-state index in [1.54, 1.807) is 6.92 Å². The van der Waals surface area contributed by atoms with Crippen molar-refractivity contribution in [1.29, 1.82) is 0 Å². The monoisotopic (exact) mass is 217 g/mol. The van der Waals surface area contributed by atoms with Crippen LogP contribution in [0.2, 0.25) is 0 Å². The van der Waals surface area contributed by atoms with E-state index in [1.165, 1.54) is 18.4 Å². The summed E-state index contributed by atoms with van der Waals surface area (Å²) in [7, 11) is 0. The SMILES string of the molecule is CC(=O)CC1CCCN1Cc1ccccc1. The first-order valence-corrected chi connectivity index (χ1v) is 6.03. The first-order valence-electron chi connectivity index (χ1n) is 6.03. The predicted octanol–water partition coefficient (Wildman–Crippen LogP) is 2.63. The summed E-state index contributed by atoms with van der Waals surface area (Å²) in [5, 5.41) is 0. The van der Waals surface area contributed by atoms with E-state index in [9.17, 15) is 4.79 Å². The van der Waals surface area contributed by atoms with Gasteiger partial charge in [-0.05, 0) is 31.9 Å². The molecule has 1 aromatic carbocycles. The van der Waals surface area contributed by atoms with Crippen molar-refractivity contribution in [2.24, 2.45) is 0 Å². The second-order valence-corrected chi connectivity index (χ2v) is 4.66. The van der Waals surface area contributed by atoms with Gasteiger partial charge in [0, 0.05) is 19.0 Å². The van der Waals surface area contributed by atoms with E-state index >= 15 is 0 Å². The van der Waals surface area contributed by atoms with E-state index in [4.69, 9.17) is 0 Å². The highest BCUT2D eigenvalue weighted by atomic mass is 16.1. The molecule has 1 aliphatic rings. The molecule has 1 saturated heterocycles. The first kappa shape index (κ1) is 11.3. The van der Waals surface area contributed by atoms with Gasteiger partial charge in [0.15, 0.2) is 0 Å². The number of rotatable bonds is 4. The lowest BCUT2D eigenvalue weighted by Gasteiger charge is -2.23. The Kier molecular flexibility index (Phi) is 3.73. The highest BCUT2D eigenvalue weighted by molar-refractivity contribution is 5.76. The number of Topliss-reactive ketones (excluding diaryl/α,β-unsaturated/α-hetero) is 1. The van der Waals surface area contributed by atoms with Crippen LogP contribution in [0, 0.1) is 0 Å². The maximum absolute atomic E-state index is 11.2. The molecule has 1 aliphatic heterocycles. The van der Waals surface area contributed by atoms with E-state index < -0.39 is 0 Å². The average molecular weight is 217 g/mol. The zero-order valence-corrected chi connectivity index (χ0v) is 9.86. The Morgan fingerprint density at radius 3 is 2.81 bits per heavy atom. The maximum atomic E-state index is 11.2. The van der Waals surface area contributed by atoms with Crippen LogP contribution >= 0.6 is 0 Å². The normalized spacial score (nSPS) is 21.2. The van der Waals surface area contributed by atoms with Gasteiger partial charge in [-0.25, -0.2) is 0 Å². The Balaban J connectivity index is 1.96. The fraction of sp³-hybridized carbons (Fsp3) is 0.500. The molecule has 0 aliphatic carbocycles. The molecule has 0 bridgehead atoms. The number of ketones is 1. The molecule has 86 valence electrons. The average Bonchev–Trinajstić information content (AvgIpc) is 2.66. The van der Waals surface area contributed by atoms with Gasteiger partial charge < -0.3 is 0 Å². The summed E-state index contributed by atoms with van der Waals surface area (Å²) in [6, 6.07) is 11.0. The van der Waals surface area contributed by atoms with Crippen LogP contribution in [0.5, 0.6) is 0 Å². The highest BCUT2D eigenvalue weighted by Crippen LogP contribution is 2.22. The number of hydrogen-bond donors (Lipinski definition) is 0. The predicted molar refractivity (Wildman–Crippen MR) is 65.2 cm³/mol. The topological polar surface area (TPSA) is 20.3 Å². The van der Waals surface area contributed by atoms with Gasteiger partial charge in [-0.2, -0.15) is 0 Å². The van der Waals surface area contributed by atoms with Crippen LogP contribution in [-0.4, -0.2) is 23.3 Å². The van der Waals surface area contributed by atoms with Gasteiger partial charge in [0.2, 0.25) is 0 Å². The third kappa shape index (κ3) is 2.92. The molecular weight excluding hydrogens is 198 g/mol. The Labute approximate surface area is 97.3 Å². The quantitative estimate of drug-likeness (QED) is 0.772. The molecule has 1 aromatic rings. The van der Waals surface area contributed by atoms with Crippen molar-refractivity contribution < 1.29 is 4.79 Å². The molecule has 0 radical (unpaired) electrons. The van der Waals surface area contributed by atoms with Gasteiger partial charge in [0.05, 0.1) is 0 Å². The molecule has 0 N–H and O–H groups in total. The smallest absolute Gasteiger partial charge is 0.131 e. The van der Waals surface area contributed by atoms with Crippen LogP contribution in [0.3, 0.4) is 0 Å². The minimum absolute atomic E-state index is 0.310. The number of nitrogens with zero attached hydrogens (tertiary/aromatic N) is 1. The molecule has 2 nitrogen and oxygen atoms in total. The van der Waals surface area contributed by atoms with Crippen LogP contribution in [0.4, 0.5) is 0 Å². The van der Waals surface area contributed by atoms with Crippen molar-refractivity contribution in [3.05, 3.63) is 35.9 Å². The zero-order chi connectivity index (χ0) is 11.4. The number of hydrogen-bond acceptors (Lipinski definition) is 2. The number of carbonyl (C=O) groups is 1. The van der Waals surface area contributed by atoms with E-state index in [-0.39, 0.29) is 0 Å². The third-order valence-corrected chi connectivity index (χ3v) is 3.25. The summed E-state index contributed by atoms with van der Waals surface area (Å²) in [6.07, 6.45) is 3.12. The van der Waals surface area contributed by atoms with Crippen molar-refractivity contribution in [2.45, 2.75) is 38.8 Å². The molecule has 0 saturated carbocycles. The fourth-order valence-electron chi connectivity index (χ4n) is 2.48. The molecule has 0 amide bonds. The summed E-state index contributed by atoms with van der Waals surface area (Å²) in [6.45, 7) is 3.81. The van der Waals surface area contributed by atoms with E-state index in [2.05, 4.69) is 29.2 Å². The second kappa shape index (κ2) is 5.26. The fourth-order valence-corrected chi connectivity index (χ4v) is 2.48. The first-order chi connectivity index (χ1) is 7.75. The molecule has 1 atom stereocenters. The molecule has 1 unspecified atom stereocenters. The molecule has 1 heterocycles. The van der Waals surface area contributed by atoms with E-state index in [0.717, 1.165) is 13.1 Å². The van der Waals surface area contributed by atoms with Crippen LogP contribution < -0.4 is 0 Å². The zero-order valence-electron chi connectivity index (χ0n) is 9.86. The Hall–Kier alpha value is -1.15. The lowest BCUT2D eigenvalue weighted by Crippen LogP contribution is -2.30. The van der Waals surface area contributed by atoms with Crippen LogP contribution in [0.25, 0.3) is 0 Å². The van der Waals surface area contributed by atoms with Crippen molar-refractivity contribution in [3.8, 4) is 0 Å². The van der Waals surface area contributed by atoms with Gasteiger partial charge >= 0.3 is 0 Å². The van der Waals surface area contributed by atoms with Crippen molar-refractivity contribution in [1.82, 2.24) is 4.90 Å². The number of carbonyl (C=O) groups excluding carboxylic acids is 1. The standard InChI is InChI=1S/C14H19NO/c1-12(16)10-14-8-5-9-15(14)11-13-6-3-2-4-7-13/h2-4,6-7,14H,5,8-11H2,1H3. The van der Waals surface area contributed by atoms with Gasteiger partial charge in [0.25, 0.3) is 0 Å². The largest absolute Gasteiger partial charge is 0.300 e. The van der Waals surface area contributed by atoms with Gasteiger partial charge in [-0.15, -0.1) is 0 Å². The summed E-state index contributed by atoms with van der Waals surface area (Å²) in [5.74, 6) is 0.310. The van der Waals surface area contributed by atoms with E-state index in [0.29, 0.717) is 18.2 Å². The summed E-state index contributed by atoms with van der Waals surface area (Å²) < 4.78 is 0. The minimum atomic E-state index is 0.310. The summed E-state index contributed by atoms with van der Waals surface area (Å²) in [4.78, 5) is 13.6. The minimum Gasteiger partial charge on any atom is -0.300 e. The molecule has 0 aromatic heterocycles. The molecule has 16 heavy (non-hydrogen) atoms. The van der Waals surface area contributed by atoms with Crippen molar-refractivity contribution >= 4 is 5.78 Å². The van der Waals surface area contributed by atoms with Crippen LogP contribution in [0.1, 0.15) is 31.7 Å². The van der Waals surface area contributed by atoms with Crippen molar-refractivity contribution in [3.63, 3.8) is 0 Å². The maximum Gasteiger partial charge on any atom is 0.131 e. The molecule has 2 rings (SSSR count). The number of likely N-dealkylation sites (tertiary alicyclic amines) is 1. The van der Waals surface area contributed by atoms with Gasteiger partial charge in [0.1, 0.15) is 5.78 Å². The molecule has 2 heteroatoms. The van der Waals surface area contributed by atoms with Gasteiger partial charge in [-0.1, -0.05) is 30.3 Å². The van der Waals surface area contributed by atoms with Crippen molar-refractivity contribution in [2.75, 3.05) is 6.54 Å². The summed E-state index contributed by atoms with van der Waals surface area (Å²) >= 11 is 0. The Bertz CT molecular complexity index is 347. The Morgan fingerprint density at radius 1 is 1.38 bits per heavy atom. The lowest BCUT2D eigenvalue weighted by atomic mass is 10.1. The third-order valence-electron chi connectivity index (χ3n) is 3.25. The van der Waals surface area contributed by atoms with Crippen LogP contribution in [-0.2, 0) is 11.3 Å². The highest BCUT2D eigenvalue weighted by Gasteiger charge is 2.25. The summed E-state index contributed by atoms with van der Waals surface area (Å²) in [5.41, 5.74) is 1.35. The molecule has 0 spiro atoms. The second-order valence-electron chi connectivity index (χ2n) is 4.66. The Morgan fingerprint density at radius 2 is 2.12 bits per heavy atom. The van der Waals surface area contributed by atoms with Gasteiger partial charge in [-0.3, -0.25) is 9.69 Å². The molecular formula is C14H19NO.